The summed E-state index contributed by atoms with van der Waals surface area (Å²) in [6, 6.07) is 11.0. The lowest BCUT2D eigenvalue weighted by Crippen LogP contribution is -2.27. The summed E-state index contributed by atoms with van der Waals surface area (Å²) in [5.74, 6) is -1.21. The van der Waals surface area contributed by atoms with Crippen LogP contribution in [0.15, 0.2) is 52.3 Å². The fourth-order valence-corrected chi connectivity index (χ4v) is 5.46. The van der Waals surface area contributed by atoms with Crippen molar-refractivity contribution in [3.8, 4) is 0 Å². The van der Waals surface area contributed by atoms with E-state index in [1.54, 1.807) is 30.3 Å². The Morgan fingerprint density at radius 1 is 1.17 bits per heavy atom. The Balaban J connectivity index is 1.70. The molecule has 0 unspecified atom stereocenters. The van der Waals surface area contributed by atoms with E-state index in [2.05, 4.69) is 10.6 Å². The fourth-order valence-electron chi connectivity index (χ4n) is 2.95. The van der Waals surface area contributed by atoms with Crippen molar-refractivity contribution < 1.29 is 22.8 Å². The van der Waals surface area contributed by atoms with Crippen molar-refractivity contribution in [2.45, 2.75) is 30.1 Å². The van der Waals surface area contributed by atoms with E-state index in [1.807, 2.05) is 0 Å². The van der Waals surface area contributed by atoms with Gasteiger partial charge in [-0.1, -0.05) is 6.92 Å². The number of amides is 2. The third kappa shape index (κ3) is 5.28. The Morgan fingerprint density at radius 2 is 1.87 bits per heavy atom. The Hall–Kier alpha value is -2.65. The summed E-state index contributed by atoms with van der Waals surface area (Å²) >= 11 is 1.49. The first-order valence-corrected chi connectivity index (χ1v) is 12.0. The molecule has 3 rings (SSSR count). The minimum Gasteiger partial charge on any atom is -0.326 e. The summed E-state index contributed by atoms with van der Waals surface area (Å²) in [7, 11) is -3.74. The monoisotopic (exact) mass is 446 g/mol. The molecule has 9 heteroatoms. The van der Waals surface area contributed by atoms with Crippen molar-refractivity contribution >= 4 is 50.6 Å². The number of sulfone groups is 1. The summed E-state index contributed by atoms with van der Waals surface area (Å²) in [5.41, 5.74) is 1.49. The number of nitrogens with one attached hydrogen (secondary N) is 2. The summed E-state index contributed by atoms with van der Waals surface area (Å²) in [5, 5.41) is 5.40. The number of anilines is 2. The molecular weight excluding hydrogens is 424 g/mol. The van der Waals surface area contributed by atoms with Gasteiger partial charge in [0.25, 0.3) is 0 Å². The lowest BCUT2D eigenvalue weighted by molar-refractivity contribution is -0.119. The number of Topliss-reactive ketones (excluding diaryl/α,β-unsaturated/α-hetero) is 1. The summed E-state index contributed by atoms with van der Waals surface area (Å²) in [6.07, 6.45) is 0.367. The summed E-state index contributed by atoms with van der Waals surface area (Å²) in [6.45, 7) is 2.99. The van der Waals surface area contributed by atoms with Gasteiger partial charge in [-0.25, -0.2) is 8.42 Å². The van der Waals surface area contributed by atoms with Crippen LogP contribution in [0.3, 0.4) is 0 Å². The molecular formula is C21H22N2O5S2. The molecule has 0 bridgehead atoms. The van der Waals surface area contributed by atoms with Crippen molar-refractivity contribution in [2.24, 2.45) is 5.92 Å². The van der Waals surface area contributed by atoms with Crippen LogP contribution in [0, 0.1) is 5.92 Å². The van der Waals surface area contributed by atoms with Crippen LogP contribution >= 0.6 is 11.8 Å². The predicted octanol–water partition coefficient (Wildman–Crippen LogP) is 3.37. The van der Waals surface area contributed by atoms with Crippen molar-refractivity contribution in [2.75, 3.05) is 22.1 Å². The molecule has 2 N–H and O–H groups in total. The molecule has 158 valence electrons. The molecule has 0 saturated heterocycles. The van der Waals surface area contributed by atoms with E-state index in [0.717, 1.165) is 4.90 Å². The molecule has 2 aromatic rings. The quantitative estimate of drug-likeness (QED) is 0.659. The number of hydrogen-bond acceptors (Lipinski definition) is 6. The van der Waals surface area contributed by atoms with Crippen LogP contribution in [0.2, 0.25) is 0 Å². The van der Waals surface area contributed by atoms with E-state index in [9.17, 15) is 22.8 Å². The SMILES string of the molecule is CC(=O)c1ccc(NC(=O)[C@@H](C)CS(=O)(=O)c2ccc3c(c2)NC(=O)CCS3)cc1. The molecule has 1 aliphatic heterocycles. The summed E-state index contributed by atoms with van der Waals surface area (Å²) in [4.78, 5) is 36.4. The van der Waals surface area contributed by atoms with Crippen LogP contribution in [0.1, 0.15) is 30.6 Å². The Kier molecular flexibility index (Phi) is 6.62. The largest absolute Gasteiger partial charge is 0.326 e. The zero-order valence-electron chi connectivity index (χ0n) is 16.6. The van der Waals surface area contributed by atoms with Gasteiger partial charge in [0, 0.05) is 34.2 Å². The zero-order valence-corrected chi connectivity index (χ0v) is 18.2. The molecule has 2 amide bonds. The fraction of sp³-hybridized carbons (Fsp3) is 0.286. The highest BCUT2D eigenvalue weighted by molar-refractivity contribution is 7.99. The third-order valence-electron chi connectivity index (χ3n) is 4.65. The molecule has 1 heterocycles. The average Bonchev–Trinajstić information content (AvgIpc) is 2.87. The molecule has 0 aliphatic carbocycles. The minimum absolute atomic E-state index is 0.0644. The number of benzene rings is 2. The minimum atomic E-state index is -3.74. The van der Waals surface area contributed by atoms with Gasteiger partial charge in [0.2, 0.25) is 11.8 Å². The molecule has 7 nitrogen and oxygen atoms in total. The molecule has 0 aromatic heterocycles. The zero-order chi connectivity index (χ0) is 21.9. The first-order chi connectivity index (χ1) is 14.2. The van der Waals surface area contributed by atoms with Crippen molar-refractivity contribution in [3.63, 3.8) is 0 Å². The van der Waals surface area contributed by atoms with E-state index >= 15 is 0 Å². The van der Waals surface area contributed by atoms with E-state index in [0.29, 0.717) is 29.1 Å². The van der Waals surface area contributed by atoms with E-state index in [4.69, 9.17) is 0 Å². The Morgan fingerprint density at radius 3 is 2.53 bits per heavy atom. The number of hydrogen-bond donors (Lipinski definition) is 2. The molecule has 0 fully saturated rings. The molecule has 0 saturated carbocycles. The molecule has 1 aliphatic rings. The Bertz CT molecular complexity index is 1090. The molecule has 30 heavy (non-hydrogen) atoms. The topological polar surface area (TPSA) is 109 Å². The molecule has 0 spiro atoms. The van der Waals surface area contributed by atoms with Gasteiger partial charge in [0.15, 0.2) is 15.6 Å². The van der Waals surface area contributed by atoms with Gasteiger partial charge in [-0.3, -0.25) is 14.4 Å². The second-order valence-corrected chi connectivity index (χ2v) is 10.3. The molecule has 0 radical (unpaired) electrons. The Labute approximate surface area is 179 Å². The second kappa shape index (κ2) is 9.01. The number of carbonyl (C=O) groups is 3. The van der Waals surface area contributed by atoms with Gasteiger partial charge in [0.1, 0.15) is 0 Å². The molecule has 1 atom stereocenters. The van der Waals surface area contributed by atoms with E-state index in [-0.39, 0.29) is 22.3 Å². The van der Waals surface area contributed by atoms with Crippen LogP contribution in [0.5, 0.6) is 0 Å². The highest BCUT2D eigenvalue weighted by Crippen LogP contribution is 2.33. The van der Waals surface area contributed by atoms with Crippen LogP contribution in [-0.2, 0) is 19.4 Å². The van der Waals surface area contributed by atoms with Crippen molar-refractivity contribution in [3.05, 3.63) is 48.0 Å². The maximum atomic E-state index is 12.8. The second-order valence-electron chi connectivity index (χ2n) is 7.11. The average molecular weight is 447 g/mol. The van der Waals surface area contributed by atoms with Crippen LogP contribution in [0.25, 0.3) is 0 Å². The normalized spacial score (nSPS) is 14.8. The van der Waals surface area contributed by atoms with E-state index in [1.165, 1.54) is 37.7 Å². The number of ketones is 1. The van der Waals surface area contributed by atoms with Gasteiger partial charge in [-0.05, 0) is 49.4 Å². The third-order valence-corrected chi connectivity index (χ3v) is 7.63. The lowest BCUT2D eigenvalue weighted by Gasteiger charge is -2.14. The smallest absolute Gasteiger partial charge is 0.228 e. The summed E-state index contributed by atoms with van der Waals surface area (Å²) < 4.78 is 25.7. The number of thioether (sulfide) groups is 1. The first-order valence-electron chi connectivity index (χ1n) is 9.37. The highest BCUT2D eigenvalue weighted by Gasteiger charge is 2.25. The van der Waals surface area contributed by atoms with Crippen molar-refractivity contribution in [1.82, 2.24) is 0 Å². The standard InChI is InChI=1S/C21H22N2O5S2/c1-13(21(26)22-16-5-3-15(4-6-16)14(2)24)12-30(27,28)17-7-8-19-18(11-17)23-20(25)9-10-29-19/h3-8,11,13H,9-10,12H2,1-2H3,(H,22,26)(H,23,25)/t13-/m0/s1. The highest BCUT2D eigenvalue weighted by atomic mass is 32.2. The number of carbonyl (C=O) groups excluding carboxylic acids is 3. The number of rotatable bonds is 6. The van der Waals surface area contributed by atoms with Crippen LogP contribution < -0.4 is 10.6 Å². The van der Waals surface area contributed by atoms with E-state index < -0.39 is 21.7 Å². The maximum Gasteiger partial charge on any atom is 0.228 e. The number of fused-ring (bicyclic) bond motifs is 1. The van der Waals surface area contributed by atoms with Gasteiger partial charge in [0.05, 0.1) is 16.3 Å². The predicted molar refractivity (Wildman–Crippen MR) is 117 cm³/mol. The van der Waals surface area contributed by atoms with Crippen LogP contribution in [-0.4, -0.2) is 37.5 Å². The molecule has 2 aromatic carbocycles. The van der Waals surface area contributed by atoms with Gasteiger partial charge in [-0.2, -0.15) is 0 Å². The maximum absolute atomic E-state index is 12.8. The lowest BCUT2D eigenvalue weighted by atomic mass is 10.1. The van der Waals surface area contributed by atoms with Crippen LogP contribution in [0.4, 0.5) is 11.4 Å². The first kappa shape index (κ1) is 22.0. The van der Waals surface area contributed by atoms with Gasteiger partial charge in [-0.15, -0.1) is 11.8 Å². The van der Waals surface area contributed by atoms with Gasteiger partial charge >= 0.3 is 0 Å². The van der Waals surface area contributed by atoms with Gasteiger partial charge < -0.3 is 10.6 Å². The van der Waals surface area contributed by atoms with Crippen molar-refractivity contribution in [1.29, 1.82) is 0 Å².